The summed E-state index contributed by atoms with van der Waals surface area (Å²) < 4.78 is 15.8. The molecule has 25 heavy (non-hydrogen) atoms. The topological polar surface area (TPSA) is 99.9 Å². The molecule has 0 unspecified atom stereocenters. The van der Waals surface area contributed by atoms with Gasteiger partial charge in [0.15, 0.2) is 18.1 Å². The van der Waals surface area contributed by atoms with Gasteiger partial charge in [-0.2, -0.15) is 0 Å². The average molecular weight is 344 g/mol. The summed E-state index contributed by atoms with van der Waals surface area (Å²) in [6.07, 6.45) is 0. The smallest absolute Gasteiger partial charge is 0.259 e. The van der Waals surface area contributed by atoms with Crippen LogP contribution >= 0.6 is 0 Å². The molecule has 2 aromatic carbocycles. The van der Waals surface area contributed by atoms with Gasteiger partial charge in [0, 0.05) is 11.8 Å². The summed E-state index contributed by atoms with van der Waals surface area (Å²) in [5.74, 6) is 0.350. The van der Waals surface area contributed by atoms with E-state index in [4.69, 9.17) is 19.9 Å². The number of benzene rings is 2. The second-order valence-corrected chi connectivity index (χ2v) is 5.23. The summed E-state index contributed by atoms with van der Waals surface area (Å²) in [6, 6.07) is 10.0. The minimum absolute atomic E-state index is 0.275. The van der Waals surface area contributed by atoms with Crippen molar-refractivity contribution >= 4 is 17.5 Å². The Hall–Kier alpha value is -3.22. The fraction of sp³-hybridized carbons (Fsp3) is 0.222. The average Bonchev–Trinajstić information content (AvgIpc) is 2.61. The van der Waals surface area contributed by atoms with Crippen LogP contribution in [0, 0.1) is 6.92 Å². The number of nitrogens with two attached hydrogens (primary N) is 1. The zero-order valence-electron chi connectivity index (χ0n) is 14.3. The molecule has 7 heteroatoms. The number of methoxy groups -OCH3 is 2. The van der Waals surface area contributed by atoms with Gasteiger partial charge in [0.05, 0.1) is 19.8 Å². The van der Waals surface area contributed by atoms with Crippen molar-refractivity contribution in [1.82, 2.24) is 0 Å². The molecule has 0 aliphatic heterocycles. The molecule has 0 aromatic heterocycles. The van der Waals surface area contributed by atoms with E-state index in [2.05, 4.69) is 5.32 Å². The molecule has 0 radical (unpaired) electrons. The van der Waals surface area contributed by atoms with Gasteiger partial charge in [-0.1, -0.05) is 12.1 Å². The minimum atomic E-state index is -0.619. The molecule has 7 nitrogen and oxygen atoms in total. The predicted octanol–water partition coefficient (Wildman–Crippen LogP) is 2.13. The molecule has 0 heterocycles. The van der Waals surface area contributed by atoms with Crippen molar-refractivity contribution in [2.24, 2.45) is 5.73 Å². The molecule has 3 N–H and O–H groups in total. The van der Waals surface area contributed by atoms with Crippen LogP contribution in [0.5, 0.6) is 17.2 Å². The van der Waals surface area contributed by atoms with E-state index in [9.17, 15) is 9.59 Å². The molecule has 2 rings (SSSR count). The molecule has 0 bridgehead atoms. The molecular formula is C18H20N2O5. The molecule has 132 valence electrons. The number of amides is 2. The van der Waals surface area contributed by atoms with Crippen LogP contribution in [0.4, 0.5) is 5.69 Å². The Morgan fingerprint density at radius 1 is 1.04 bits per heavy atom. The second-order valence-electron chi connectivity index (χ2n) is 5.23. The molecule has 0 fully saturated rings. The summed E-state index contributed by atoms with van der Waals surface area (Å²) in [5, 5.41) is 2.81. The zero-order valence-corrected chi connectivity index (χ0v) is 14.3. The largest absolute Gasteiger partial charge is 0.493 e. The van der Waals surface area contributed by atoms with Crippen molar-refractivity contribution < 1.29 is 23.8 Å². The molecule has 0 aliphatic carbocycles. The van der Waals surface area contributed by atoms with Crippen LogP contribution in [0.15, 0.2) is 36.4 Å². The lowest BCUT2D eigenvalue weighted by molar-refractivity contribution is -0.119. The highest BCUT2D eigenvalue weighted by Crippen LogP contribution is 2.33. The third-order valence-electron chi connectivity index (χ3n) is 3.48. The highest BCUT2D eigenvalue weighted by Gasteiger charge is 2.16. The van der Waals surface area contributed by atoms with Gasteiger partial charge >= 0.3 is 0 Å². The first-order valence-electron chi connectivity index (χ1n) is 7.50. The van der Waals surface area contributed by atoms with Crippen molar-refractivity contribution in [3.63, 3.8) is 0 Å². The molecule has 0 saturated carbocycles. The maximum atomic E-state index is 12.6. The van der Waals surface area contributed by atoms with E-state index in [0.29, 0.717) is 17.2 Å². The number of primary amides is 1. The number of hydrogen-bond donors (Lipinski definition) is 2. The van der Waals surface area contributed by atoms with Gasteiger partial charge in [-0.05, 0) is 30.7 Å². The maximum Gasteiger partial charge on any atom is 0.259 e. The Bertz CT molecular complexity index is 789. The van der Waals surface area contributed by atoms with E-state index < -0.39 is 5.91 Å². The van der Waals surface area contributed by atoms with E-state index in [1.165, 1.54) is 7.11 Å². The molecule has 0 aliphatic rings. The lowest BCUT2D eigenvalue weighted by atomic mass is 10.1. The third-order valence-corrected chi connectivity index (χ3v) is 3.48. The van der Waals surface area contributed by atoms with Crippen LogP contribution in [-0.4, -0.2) is 32.6 Å². The maximum absolute atomic E-state index is 12.6. The fourth-order valence-electron chi connectivity index (χ4n) is 2.23. The number of nitrogens with one attached hydrogen (secondary N) is 1. The predicted molar refractivity (Wildman–Crippen MR) is 93.4 cm³/mol. The number of para-hydroxylation sites is 1. The van der Waals surface area contributed by atoms with Gasteiger partial charge in [-0.3, -0.25) is 9.59 Å². The van der Waals surface area contributed by atoms with Crippen molar-refractivity contribution in [3.8, 4) is 17.2 Å². The van der Waals surface area contributed by atoms with E-state index >= 15 is 0 Å². The number of ether oxygens (including phenoxy) is 3. The Kier molecular flexibility index (Phi) is 5.84. The normalized spacial score (nSPS) is 10.0. The Balaban J connectivity index is 2.27. The van der Waals surface area contributed by atoms with Crippen LogP contribution in [-0.2, 0) is 4.79 Å². The molecular weight excluding hydrogens is 324 g/mol. The van der Waals surface area contributed by atoms with Crippen LogP contribution < -0.4 is 25.3 Å². The number of carbonyl (C=O) groups excluding carboxylic acids is 2. The van der Waals surface area contributed by atoms with Gasteiger partial charge < -0.3 is 25.3 Å². The van der Waals surface area contributed by atoms with Crippen molar-refractivity contribution in [1.29, 1.82) is 0 Å². The number of anilines is 1. The Labute approximate surface area is 145 Å². The number of rotatable bonds is 7. The first kappa shape index (κ1) is 18.1. The van der Waals surface area contributed by atoms with E-state index in [0.717, 1.165) is 5.56 Å². The quantitative estimate of drug-likeness (QED) is 0.801. The summed E-state index contributed by atoms with van der Waals surface area (Å²) in [7, 11) is 3.06. The molecule has 0 atom stereocenters. The first-order valence-corrected chi connectivity index (χ1v) is 7.50. The summed E-state index contributed by atoms with van der Waals surface area (Å²) in [4.78, 5) is 23.5. The minimum Gasteiger partial charge on any atom is -0.493 e. The van der Waals surface area contributed by atoms with Gasteiger partial charge in [-0.25, -0.2) is 0 Å². The van der Waals surface area contributed by atoms with E-state index in [1.54, 1.807) is 43.5 Å². The standard InChI is InChI=1S/C18H20N2O5/c1-11-8-15(23-2)16(24-3)9-13(11)20-18(22)12-6-4-5-7-14(12)25-10-17(19)21/h4-9H,10H2,1-3H3,(H2,19,21)(H,20,22). The van der Waals surface area contributed by atoms with Gasteiger partial charge in [0.25, 0.3) is 11.8 Å². The number of carbonyl (C=O) groups is 2. The number of aryl methyl sites for hydroxylation is 1. The summed E-state index contributed by atoms with van der Waals surface area (Å²) in [6.45, 7) is 1.53. The van der Waals surface area contributed by atoms with Crippen LogP contribution in [0.25, 0.3) is 0 Å². The molecule has 2 aromatic rings. The Morgan fingerprint density at radius 2 is 1.68 bits per heavy atom. The summed E-state index contributed by atoms with van der Waals surface area (Å²) >= 11 is 0. The van der Waals surface area contributed by atoms with Crippen LogP contribution in [0.3, 0.4) is 0 Å². The molecule has 0 spiro atoms. The van der Waals surface area contributed by atoms with E-state index in [-0.39, 0.29) is 23.8 Å². The third kappa shape index (κ3) is 4.41. The van der Waals surface area contributed by atoms with Crippen molar-refractivity contribution in [2.75, 3.05) is 26.1 Å². The lowest BCUT2D eigenvalue weighted by Gasteiger charge is -2.15. The van der Waals surface area contributed by atoms with Crippen molar-refractivity contribution in [2.45, 2.75) is 6.92 Å². The second kappa shape index (κ2) is 8.05. The van der Waals surface area contributed by atoms with Crippen LogP contribution in [0.1, 0.15) is 15.9 Å². The lowest BCUT2D eigenvalue weighted by Crippen LogP contribution is -2.21. The summed E-state index contributed by atoms with van der Waals surface area (Å²) in [5.41, 5.74) is 6.75. The van der Waals surface area contributed by atoms with E-state index in [1.807, 2.05) is 6.92 Å². The fourth-order valence-corrected chi connectivity index (χ4v) is 2.23. The highest BCUT2D eigenvalue weighted by molar-refractivity contribution is 6.06. The Morgan fingerprint density at radius 3 is 2.32 bits per heavy atom. The monoisotopic (exact) mass is 344 g/mol. The zero-order chi connectivity index (χ0) is 18.4. The van der Waals surface area contributed by atoms with Gasteiger partial charge in [0.1, 0.15) is 5.75 Å². The van der Waals surface area contributed by atoms with Gasteiger partial charge in [0.2, 0.25) is 0 Å². The van der Waals surface area contributed by atoms with Gasteiger partial charge in [-0.15, -0.1) is 0 Å². The SMILES string of the molecule is COc1cc(C)c(NC(=O)c2ccccc2OCC(N)=O)cc1OC. The first-order chi connectivity index (χ1) is 12.0. The number of hydrogen-bond acceptors (Lipinski definition) is 5. The molecule has 2 amide bonds. The van der Waals surface area contributed by atoms with Crippen LogP contribution in [0.2, 0.25) is 0 Å². The highest BCUT2D eigenvalue weighted by atomic mass is 16.5. The molecule has 0 saturated heterocycles. The van der Waals surface area contributed by atoms with Crippen molar-refractivity contribution in [3.05, 3.63) is 47.5 Å².